The number of aliphatic hydroxyl groups is 2. The minimum atomic E-state index is -0.671. The van der Waals surface area contributed by atoms with E-state index >= 15 is 0 Å². The van der Waals surface area contributed by atoms with Gasteiger partial charge in [0.1, 0.15) is 0 Å². The molecule has 0 aliphatic carbocycles. The Morgan fingerprint density at radius 2 is 0.653 bits per heavy atom. The summed E-state index contributed by atoms with van der Waals surface area (Å²) in [7, 11) is 0. The van der Waals surface area contributed by atoms with Crippen molar-refractivity contribution >= 4 is 11.9 Å². The third-order valence-electron chi connectivity index (χ3n) is 15.2. The average molecular weight is 1010 g/mol. The molecule has 0 saturated carbocycles. The molecule has 0 aromatic carbocycles. The zero-order valence-electron chi connectivity index (χ0n) is 48.7. The summed E-state index contributed by atoms with van der Waals surface area (Å²) in [5.41, 5.74) is 0. The molecule has 0 aromatic rings. The SMILES string of the molecule is CCCCCCCC/C=C\CCCCCCCC(=O)OCCCCCCCCCCC/C=C\CCCCCCCCCC(=O)NC(CO)C(O)CCCCCCCCCCCCCCCCCCCCCC. The fourth-order valence-electron chi connectivity index (χ4n) is 10.2. The van der Waals surface area contributed by atoms with Crippen molar-refractivity contribution in [2.75, 3.05) is 13.2 Å². The first-order valence-corrected chi connectivity index (χ1v) is 32.6. The van der Waals surface area contributed by atoms with Gasteiger partial charge in [-0.25, -0.2) is 0 Å². The van der Waals surface area contributed by atoms with E-state index in [0.717, 1.165) is 44.9 Å². The molecule has 3 N–H and O–H groups in total. The summed E-state index contributed by atoms with van der Waals surface area (Å²) in [6.07, 6.45) is 76.2. The van der Waals surface area contributed by atoms with Gasteiger partial charge in [-0.3, -0.25) is 9.59 Å². The summed E-state index contributed by atoms with van der Waals surface area (Å²) >= 11 is 0. The van der Waals surface area contributed by atoms with Crippen LogP contribution in [-0.2, 0) is 14.3 Å². The molecule has 426 valence electrons. The van der Waals surface area contributed by atoms with E-state index in [9.17, 15) is 19.8 Å². The van der Waals surface area contributed by atoms with Crippen LogP contribution < -0.4 is 5.32 Å². The van der Waals surface area contributed by atoms with Gasteiger partial charge in [0.25, 0.3) is 0 Å². The van der Waals surface area contributed by atoms with Crippen molar-refractivity contribution in [1.82, 2.24) is 5.32 Å². The molecular formula is C66H127NO5. The first kappa shape index (κ1) is 70.3. The fourth-order valence-corrected chi connectivity index (χ4v) is 10.2. The minimum absolute atomic E-state index is 0.000972. The van der Waals surface area contributed by atoms with Gasteiger partial charge >= 0.3 is 5.97 Å². The van der Waals surface area contributed by atoms with Crippen molar-refractivity contribution in [2.24, 2.45) is 0 Å². The molecule has 6 heteroatoms. The Hall–Kier alpha value is -1.66. The summed E-state index contributed by atoms with van der Waals surface area (Å²) in [5, 5.41) is 23.4. The number of esters is 1. The summed E-state index contributed by atoms with van der Waals surface area (Å²) in [4.78, 5) is 24.6. The van der Waals surface area contributed by atoms with Gasteiger partial charge in [0.2, 0.25) is 5.91 Å². The van der Waals surface area contributed by atoms with Gasteiger partial charge in [-0.15, -0.1) is 0 Å². The Bertz CT molecular complexity index is 1120. The number of nitrogens with one attached hydrogen (secondary N) is 1. The molecule has 1 amide bonds. The molecule has 0 saturated heterocycles. The third kappa shape index (κ3) is 57.6. The van der Waals surface area contributed by atoms with Crippen LogP contribution in [0.15, 0.2) is 24.3 Å². The number of ether oxygens (including phenoxy) is 1. The van der Waals surface area contributed by atoms with Crippen molar-refractivity contribution in [3.8, 4) is 0 Å². The Kier molecular flexibility index (Phi) is 60.5. The predicted octanol–water partition coefficient (Wildman–Crippen LogP) is 20.6. The van der Waals surface area contributed by atoms with Crippen LogP contribution in [0, 0.1) is 0 Å². The molecule has 0 aromatic heterocycles. The van der Waals surface area contributed by atoms with Crippen LogP contribution >= 0.6 is 0 Å². The van der Waals surface area contributed by atoms with Crippen molar-refractivity contribution in [2.45, 2.75) is 373 Å². The van der Waals surface area contributed by atoms with E-state index in [1.807, 2.05) is 0 Å². The topological polar surface area (TPSA) is 95.9 Å². The van der Waals surface area contributed by atoms with Gasteiger partial charge in [0, 0.05) is 12.8 Å². The Morgan fingerprint density at radius 1 is 0.375 bits per heavy atom. The first-order valence-electron chi connectivity index (χ1n) is 32.6. The normalized spacial score (nSPS) is 12.7. The quantitative estimate of drug-likeness (QED) is 0.0320. The lowest BCUT2D eigenvalue weighted by molar-refractivity contribution is -0.143. The number of carbonyl (C=O) groups excluding carboxylic acids is 2. The van der Waals surface area contributed by atoms with Gasteiger partial charge in [-0.1, -0.05) is 295 Å². The molecule has 2 unspecified atom stereocenters. The summed E-state index contributed by atoms with van der Waals surface area (Å²) in [6.45, 7) is 4.96. The van der Waals surface area contributed by atoms with Crippen LogP contribution in [0.25, 0.3) is 0 Å². The molecular weight excluding hydrogens is 887 g/mol. The highest BCUT2D eigenvalue weighted by Gasteiger charge is 2.20. The van der Waals surface area contributed by atoms with Crippen molar-refractivity contribution < 1.29 is 24.5 Å². The van der Waals surface area contributed by atoms with Crippen molar-refractivity contribution in [3.63, 3.8) is 0 Å². The van der Waals surface area contributed by atoms with E-state index in [1.165, 1.54) is 283 Å². The number of carbonyl (C=O) groups is 2. The number of amides is 1. The lowest BCUT2D eigenvalue weighted by Gasteiger charge is -2.22. The first-order chi connectivity index (χ1) is 35.5. The maximum atomic E-state index is 12.5. The van der Waals surface area contributed by atoms with Crippen LogP contribution in [0.3, 0.4) is 0 Å². The van der Waals surface area contributed by atoms with E-state index in [4.69, 9.17) is 4.74 Å². The van der Waals surface area contributed by atoms with Crippen LogP contribution in [0.2, 0.25) is 0 Å². The number of hydrogen-bond acceptors (Lipinski definition) is 5. The summed E-state index contributed by atoms with van der Waals surface area (Å²) < 4.78 is 5.48. The van der Waals surface area contributed by atoms with Gasteiger partial charge in [0.05, 0.1) is 25.4 Å². The van der Waals surface area contributed by atoms with Gasteiger partial charge < -0.3 is 20.3 Å². The standard InChI is InChI=1S/C66H127NO5/c1-3-5-7-9-11-13-15-17-19-20-21-24-27-31-34-38-42-46-50-54-58-64(69)63(62-68)67-65(70)59-55-51-47-43-39-35-32-28-25-22-23-26-29-33-37-41-45-49-53-57-61-72-66(71)60-56-52-48-44-40-36-30-18-16-14-12-10-8-6-4-2/h18,22,25,30,63-64,68-69H,3-17,19-21,23-24,26-29,31-62H2,1-2H3,(H,67,70)/b25-22-,30-18-. The zero-order chi connectivity index (χ0) is 52.2. The average Bonchev–Trinajstić information content (AvgIpc) is 3.38. The molecule has 0 spiro atoms. The van der Waals surface area contributed by atoms with Crippen LogP contribution in [-0.4, -0.2) is 47.4 Å². The van der Waals surface area contributed by atoms with Gasteiger partial charge in [0.15, 0.2) is 0 Å². The smallest absolute Gasteiger partial charge is 0.305 e. The number of rotatable bonds is 61. The Labute approximate surface area is 450 Å². The molecule has 0 rings (SSSR count). The zero-order valence-corrected chi connectivity index (χ0v) is 48.7. The van der Waals surface area contributed by atoms with Crippen LogP contribution in [0.5, 0.6) is 0 Å². The maximum absolute atomic E-state index is 12.5. The van der Waals surface area contributed by atoms with E-state index in [1.54, 1.807) is 0 Å². The summed E-state index contributed by atoms with van der Waals surface area (Å²) in [6, 6.07) is -0.549. The number of unbranched alkanes of at least 4 members (excludes halogenated alkanes) is 46. The van der Waals surface area contributed by atoms with E-state index < -0.39 is 12.1 Å². The molecule has 0 radical (unpaired) electrons. The van der Waals surface area contributed by atoms with Gasteiger partial charge in [-0.05, 0) is 77.0 Å². The Balaban J connectivity index is 3.43. The van der Waals surface area contributed by atoms with E-state index in [0.29, 0.717) is 25.9 Å². The van der Waals surface area contributed by atoms with Crippen molar-refractivity contribution in [3.05, 3.63) is 24.3 Å². The highest BCUT2D eigenvalue weighted by atomic mass is 16.5. The highest BCUT2D eigenvalue weighted by Crippen LogP contribution is 2.18. The molecule has 6 nitrogen and oxygen atoms in total. The molecule has 0 fully saturated rings. The fraction of sp³-hybridized carbons (Fsp3) is 0.909. The highest BCUT2D eigenvalue weighted by molar-refractivity contribution is 5.76. The largest absolute Gasteiger partial charge is 0.466 e. The third-order valence-corrected chi connectivity index (χ3v) is 15.2. The van der Waals surface area contributed by atoms with Crippen LogP contribution in [0.1, 0.15) is 361 Å². The molecule has 0 bridgehead atoms. The maximum Gasteiger partial charge on any atom is 0.305 e. The predicted molar refractivity (Wildman–Crippen MR) is 315 cm³/mol. The monoisotopic (exact) mass is 1010 g/mol. The minimum Gasteiger partial charge on any atom is -0.466 e. The molecule has 2 atom stereocenters. The van der Waals surface area contributed by atoms with Crippen LogP contribution in [0.4, 0.5) is 0 Å². The molecule has 0 aliphatic heterocycles. The van der Waals surface area contributed by atoms with Gasteiger partial charge in [-0.2, -0.15) is 0 Å². The second-order valence-corrected chi connectivity index (χ2v) is 22.4. The number of aliphatic hydroxyl groups excluding tert-OH is 2. The van der Waals surface area contributed by atoms with Crippen molar-refractivity contribution in [1.29, 1.82) is 0 Å². The summed E-state index contributed by atoms with van der Waals surface area (Å²) in [5.74, 6) is -0.0413. The number of allylic oxidation sites excluding steroid dienone is 4. The lowest BCUT2D eigenvalue weighted by atomic mass is 10.0. The molecule has 0 aliphatic rings. The lowest BCUT2D eigenvalue weighted by Crippen LogP contribution is -2.45. The van der Waals surface area contributed by atoms with E-state index in [2.05, 4.69) is 43.5 Å². The molecule has 0 heterocycles. The van der Waals surface area contributed by atoms with E-state index in [-0.39, 0.29) is 18.5 Å². The second kappa shape index (κ2) is 61.9. The Morgan fingerprint density at radius 3 is 0.986 bits per heavy atom. The number of hydrogen-bond donors (Lipinski definition) is 3. The second-order valence-electron chi connectivity index (χ2n) is 22.4. The molecule has 72 heavy (non-hydrogen) atoms.